The van der Waals surface area contributed by atoms with Crippen LogP contribution < -0.4 is 0 Å². The predicted molar refractivity (Wildman–Crippen MR) is 103 cm³/mol. The number of para-hydroxylation sites is 1. The Morgan fingerprint density at radius 1 is 1.00 bits per heavy atom. The van der Waals surface area contributed by atoms with Crippen molar-refractivity contribution in [2.45, 2.75) is 18.4 Å². The minimum atomic E-state index is -3.39. The van der Waals surface area contributed by atoms with E-state index in [4.69, 9.17) is 4.42 Å². The van der Waals surface area contributed by atoms with E-state index in [0.717, 1.165) is 21.3 Å². The predicted octanol–water partition coefficient (Wildman–Crippen LogP) is 4.37. The number of hydrogen-bond donors (Lipinski definition) is 0. The highest BCUT2D eigenvalue weighted by atomic mass is 32.2. The van der Waals surface area contributed by atoms with Crippen LogP contribution >= 0.6 is 11.3 Å². The number of hydrogen-bond acceptors (Lipinski definition) is 6. The van der Waals surface area contributed by atoms with Crippen molar-refractivity contribution in [1.82, 2.24) is 9.97 Å². The topological polar surface area (TPSA) is 73.1 Å². The molecule has 0 bridgehead atoms. The monoisotopic (exact) mass is 384 g/mol. The zero-order chi connectivity index (χ0) is 18.1. The summed E-state index contributed by atoms with van der Waals surface area (Å²) in [5.74, 6) is 0.160. The number of oxazole rings is 1. The van der Waals surface area contributed by atoms with Crippen LogP contribution in [-0.2, 0) is 21.3 Å². The Morgan fingerprint density at radius 2 is 1.77 bits per heavy atom. The van der Waals surface area contributed by atoms with Crippen molar-refractivity contribution in [3.63, 3.8) is 0 Å². The van der Waals surface area contributed by atoms with E-state index in [0.29, 0.717) is 16.6 Å². The smallest absolute Gasteiger partial charge is 0.226 e. The van der Waals surface area contributed by atoms with Gasteiger partial charge in [-0.25, -0.2) is 18.4 Å². The first-order valence-corrected chi connectivity index (χ1v) is 10.7. The van der Waals surface area contributed by atoms with Crippen LogP contribution in [0, 0.1) is 6.92 Å². The molecule has 0 fully saturated rings. The van der Waals surface area contributed by atoms with Gasteiger partial charge in [0.25, 0.3) is 0 Å². The highest BCUT2D eigenvalue weighted by Crippen LogP contribution is 2.25. The largest absolute Gasteiger partial charge is 0.444 e. The molecule has 0 N–H and O–H groups in total. The molecule has 0 unspecified atom stereocenters. The normalized spacial score (nSPS) is 11.9. The Kier molecular flexibility index (Phi) is 4.34. The third kappa shape index (κ3) is 3.68. The number of nitrogens with zero attached hydrogens (tertiary/aromatic N) is 2. The van der Waals surface area contributed by atoms with E-state index in [1.54, 1.807) is 0 Å². The van der Waals surface area contributed by atoms with Crippen molar-refractivity contribution in [2.75, 3.05) is 0 Å². The van der Waals surface area contributed by atoms with Crippen LogP contribution in [0.1, 0.15) is 16.3 Å². The van der Waals surface area contributed by atoms with Gasteiger partial charge in [0.05, 0.1) is 21.7 Å². The lowest BCUT2D eigenvalue weighted by molar-refractivity contribution is 0.571. The summed E-state index contributed by atoms with van der Waals surface area (Å²) in [6.07, 6.45) is 1.41. The van der Waals surface area contributed by atoms with Crippen LogP contribution in [0.25, 0.3) is 21.7 Å². The molecule has 0 amide bonds. The molecule has 0 aliphatic rings. The van der Waals surface area contributed by atoms with Crippen LogP contribution in [0.2, 0.25) is 0 Å². The molecular formula is C19H16N2O3S2. The third-order valence-corrected chi connectivity index (χ3v) is 6.57. The van der Waals surface area contributed by atoms with Gasteiger partial charge in [0.15, 0.2) is 9.84 Å². The zero-order valence-corrected chi connectivity index (χ0v) is 15.7. The number of benzene rings is 2. The van der Waals surface area contributed by atoms with Gasteiger partial charge >= 0.3 is 0 Å². The van der Waals surface area contributed by atoms with Crippen molar-refractivity contribution in [1.29, 1.82) is 0 Å². The fraction of sp³-hybridized carbons (Fsp3) is 0.158. The number of fused-ring (bicyclic) bond motifs is 1. The molecule has 26 heavy (non-hydrogen) atoms. The minimum absolute atomic E-state index is 0.0981. The molecule has 0 aliphatic carbocycles. The summed E-state index contributed by atoms with van der Waals surface area (Å²) >= 11 is 1.40. The van der Waals surface area contributed by atoms with Crippen LogP contribution in [0.15, 0.2) is 59.2 Å². The second kappa shape index (κ2) is 6.66. The number of sulfone groups is 1. The van der Waals surface area contributed by atoms with E-state index in [-0.39, 0.29) is 11.5 Å². The molecule has 0 saturated carbocycles. The molecule has 4 rings (SSSR count). The first-order chi connectivity index (χ1) is 12.5. The summed E-state index contributed by atoms with van der Waals surface area (Å²) in [4.78, 5) is 8.71. The van der Waals surface area contributed by atoms with Crippen molar-refractivity contribution in [3.05, 3.63) is 71.1 Å². The number of thiazole rings is 1. The van der Waals surface area contributed by atoms with Crippen LogP contribution in [0.4, 0.5) is 0 Å². The maximum absolute atomic E-state index is 12.5. The lowest BCUT2D eigenvalue weighted by Crippen LogP contribution is -2.07. The molecule has 7 heteroatoms. The SMILES string of the molecule is Cc1ccc(-c2nc(CS(=O)(=O)Cc3nc4ccccc4s3)co2)cc1. The lowest BCUT2D eigenvalue weighted by Gasteiger charge is -1.99. The Labute approximate surface area is 155 Å². The van der Waals surface area contributed by atoms with E-state index in [1.807, 2.05) is 55.5 Å². The Balaban J connectivity index is 1.51. The van der Waals surface area contributed by atoms with Crippen molar-refractivity contribution in [3.8, 4) is 11.5 Å². The Bertz CT molecular complexity index is 1130. The Morgan fingerprint density at radius 3 is 2.54 bits per heavy atom. The molecule has 0 saturated heterocycles. The molecule has 0 spiro atoms. The average Bonchev–Trinajstić information content (AvgIpc) is 3.20. The molecule has 2 aromatic heterocycles. The fourth-order valence-corrected chi connectivity index (χ4v) is 5.31. The average molecular weight is 384 g/mol. The molecule has 0 radical (unpaired) electrons. The highest BCUT2D eigenvalue weighted by Gasteiger charge is 2.19. The molecule has 132 valence electrons. The van der Waals surface area contributed by atoms with Crippen molar-refractivity contribution >= 4 is 31.4 Å². The Hall–Kier alpha value is -2.51. The van der Waals surface area contributed by atoms with E-state index < -0.39 is 9.84 Å². The molecule has 0 aliphatic heterocycles. The summed E-state index contributed by atoms with van der Waals surface area (Å²) in [6, 6.07) is 15.4. The molecular weight excluding hydrogens is 368 g/mol. The first kappa shape index (κ1) is 16.9. The zero-order valence-electron chi connectivity index (χ0n) is 14.0. The van der Waals surface area contributed by atoms with Crippen molar-refractivity contribution < 1.29 is 12.8 Å². The summed E-state index contributed by atoms with van der Waals surface area (Å²) in [5.41, 5.74) is 3.19. The fourth-order valence-electron chi connectivity index (χ4n) is 2.65. The van der Waals surface area contributed by atoms with Gasteiger partial charge in [-0.3, -0.25) is 0 Å². The molecule has 2 heterocycles. The summed E-state index contributed by atoms with van der Waals surface area (Å²) in [7, 11) is -3.39. The van der Waals surface area contributed by atoms with E-state index in [2.05, 4.69) is 9.97 Å². The number of rotatable bonds is 5. The van der Waals surface area contributed by atoms with E-state index >= 15 is 0 Å². The van der Waals surface area contributed by atoms with Gasteiger partial charge in [-0.2, -0.15) is 0 Å². The molecule has 5 nitrogen and oxygen atoms in total. The molecule has 4 aromatic rings. The van der Waals surface area contributed by atoms with Crippen LogP contribution in [-0.4, -0.2) is 18.4 Å². The van der Waals surface area contributed by atoms with Gasteiger partial charge in [0.1, 0.15) is 17.0 Å². The van der Waals surface area contributed by atoms with E-state index in [1.165, 1.54) is 17.6 Å². The maximum atomic E-state index is 12.5. The summed E-state index contributed by atoms with van der Waals surface area (Å²) < 4.78 is 31.5. The summed E-state index contributed by atoms with van der Waals surface area (Å²) in [6.45, 7) is 2.00. The van der Waals surface area contributed by atoms with Gasteiger partial charge in [-0.05, 0) is 31.2 Å². The number of aromatic nitrogens is 2. The molecule has 2 aromatic carbocycles. The van der Waals surface area contributed by atoms with Crippen molar-refractivity contribution in [2.24, 2.45) is 0 Å². The first-order valence-electron chi connectivity index (χ1n) is 8.05. The lowest BCUT2D eigenvalue weighted by atomic mass is 10.1. The molecule has 0 atom stereocenters. The van der Waals surface area contributed by atoms with Gasteiger partial charge in [-0.15, -0.1) is 11.3 Å². The minimum Gasteiger partial charge on any atom is -0.444 e. The van der Waals surface area contributed by atoms with E-state index in [9.17, 15) is 8.42 Å². The van der Waals surface area contributed by atoms with Gasteiger partial charge < -0.3 is 4.42 Å². The quantitative estimate of drug-likeness (QED) is 0.511. The standard InChI is InChI=1S/C19H16N2O3S2/c1-13-6-8-14(9-7-13)19-20-15(10-24-19)11-26(22,23)12-18-21-16-4-2-3-5-17(16)25-18/h2-10H,11-12H2,1H3. The van der Waals surface area contributed by atoms with Crippen LogP contribution in [0.3, 0.4) is 0 Å². The summed E-state index contributed by atoms with van der Waals surface area (Å²) in [5, 5.41) is 0.591. The second-order valence-electron chi connectivity index (χ2n) is 6.12. The maximum Gasteiger partial charge on any atom is 0.226 e. The van der Waals surface area contributed by atoms with Gasteiger partial charge in [0, 0.05) is 5.56 Å². The van der Waals surface area contributed by atoms with Gasteiger partial charge in [0.2, 0.25) is 5.89 Å². The number of aryl methyl sites for hydroxylation is 1. The van der Waals surface area contributed by atoms with Gasteiger partial charge in [-0.1, -0.05) is 29.8 Å². The highest BCUT2D eigenvalue weighted by molar-refractivity contribution is 7.90. The third-order valence-electron chi connectivity index (χ3n) is 3.90. The second-order valence-corrected chi connectivity index (χ2v) is 9.30. The van der Waals surface area contributed by atoms with Crippen LogP contribution in [0.5, 0.6) is 0 Å².